The van der Waals surface area contributed by atoms with E-state index in [4.69, 9.17) is 0 Å². The second-order valence-corrected chi connectivity index (χ2v) is 4.23. The molecule has 0 heterocycles. The van der Waals surface area contributed by atoms with E-state index < -0.39 is 10.0 Å². The number of nitrogens with zero attached hydrogens (tertiary/aromatic N) is 1. The summed E-state index contributed by atoms with van der Waals surface area (Å²) in [6.45, 7) is 0.406. The second kappa shape index (κ2) is 4.30. The van der Waals surface area contributed by atoms with Crippen molar-refractivity contribution in [3.05, 3.63) is 0 Å². The molecule has 66 valence electrons. The van der Waals surface area contributed by atoms with Crippen molar-refractivity contribution in [2.45, 2.75) is 0 Å². The summed E-state index contributed by atoms with van der Waals surface area (Å²) in [4.78, 5) is 11.5. The van der Waals surface area contributed by atoms with Crippen LogP contribution < -0.4 is 4.72 Å². The number of amides is 1. The van der Waals surface area contributed by atoms with E-state index in [1.165, 1.54) is 0 Å². The van der Waals surface area contributed by atoms with E-state index in [0.29, 0.717) is 6.54 Å². The van der Waals surface area contributed by atoms with Gasteiger partial charge in [-0.2, -0.15) is 0 Å². The lowest BCUT2D eigenvalue weighted by atomic mass is 10.7. The highest BCUT2D eigenvalue weighted by Gasteiger charge is 2.07. The molecule has 0 bridgehead atoms. The number of hydrogen-bond acceptors (Lipinski definition) is 4. The average molecular weight is 180 g/mol. The fourth-order valence-corrected chi connectivity index (χ4v) is 1.30. The smallest absolute Gasteiger partial charge is 0.235 e. The van der Waals surface area contributed by atoms with Crippen LogP contribution in [0.1, 0.15) is 0 Å². The summed E-state index contributed by atoms with van der Waals surface area (Å²) in [7, 11) is 0.134. The molecule has 0 atom stereocenters. The van der Waals surface area contributed by atoms with Crippen LogP contribution in [0.15, 0.2) is 0 Å². The van der Waals surface area contributed by atoms with Crippen molar-refractivity contribution in [1.82, 2.24) is 9.62 Å². The molecule has 0 unspecified atom stereocenters. The molecular formula is C5H12N2O3S. The molecule has 5 nitrogen and oxygen atoms in total. The molecular weight excluding hydrogens is 168 g/mol. The maximum Gasteiger partial charge on any atom is 0.235 e. The first-order valence-electron chi connectivity index (χ1n) is 3.06. The van der Waals surface area contributed by atoms with E-state index in [1.807, 2.05) is 0 Å². The minimum absolute atomic E-state index is 0.0568. The molecule has 1 N–H and O–H groups in total. The Bertz CT molecular complexity index is 210. The molecule has 11 heavy (non-hydrogen) atoms. The van der Waals surface area contributed by atoms with Gasteiger partial charge in [-0.1, -0.05) is 0 Å². The third kappa shape index (κ3) is 5.81. The van der Waals surface area contributed by atoms with Crippen LogP contribution in [0.2, 0.25) is 0 Å². The van der Waals surface area contributed by atoms with E-state index in [2.05, 4.69) is 0 Å². The SMILES string of the molecule is CN(C)CCS(=O)(=O)NC=O. The Labute approximate surface area is 66.4 Å². The van der Waals surface area contributed by atoms with Crippen LogP contribution in [-0.4, -0.2) is 46.1 Å². The van der Waals surface area contributed by atoms with Gasteiger partial charge in [-0.25, -0.2) is 8.42 Å². The first kappa shape index (κ1) is 10.4. The zero-order chi connectivity index (χ0) is 8.91. The van der Waals surface area contributed by atoms with Gasteiger partial charge in [-0.15, -0.1) is 0 Å². The number of nitrogens with one attached hydrogen (secondary N) is 1. The van der Waals surface area contributed by atoms with Gasteiger partial charge in [-0.3, -0.25) is 9.52 Å². The Morgan fingerprint density at radius 3 is 2.36 bits per heavy atom. The van der Waals surface area contributed by atoms with Crippen molar-refractivity contribution in [3.8, 4) is 0 Å². The van der Waals surface area contributed by atoms with Crippen LogP contribution in [0, 0.1) is 0 Å². The summed E-state index contributed by atoms with van der Waals surface area (Å²) in [5.41, 5.74) is 0. The lowest BCUT2D eigenvalue weighted by molar-refractivity contribution is -0.108. The van der Waals surface area contributed by atoms with Crippen LogP contribution in [0.5, 0.6) is 0 Å². The van der Waals surface area contributed by atoms with Gasteiger partial charge < -0.3 is 4.90 Å². The van der Waals surface area contributed by atoms with E-state index in [0.717, 1.165) is 0 Å². The minimum atomic E-state index is -3.39. The lowest BCUT2D eigenvalue weighted by Crippen LogP contribution is -2.30. The summed E-state index contributed by atoms with van der Waals surface area (Å²) in [5, 5.41) is 0. The molecule has 0 saturated heterocycles. The summed E-state index contributed by atoms with van der Waals surface area (Å²) < 4.78 is 23.3. The predicted molar refractivity (Wildman–Crippen MR) is 41.5 cm³/mol. The number of hydrogen-bond donors (Lipinski definition) is 1. The monoisotopic (exact) mass is 180 g/mol. The van der Waals surface area contributed by atoms with Gasteiger partial charge in [0.15, 0.2) is 0 Å². The molecule has 0 spiro atoms. The maximum absolute atomic E-state index is 10.8. The number of carbonyl (C=O) groups is 1. The molecule has 0 aromatic carbocycles. The third-order valence-electron chi connectivity index (χ3n) is 1.03. The number of rotatable bonds is 5. The topological polar surface area (TPSA) is 66.5 Å². The minimum Gasteiger partial charge on any atom is -0.308 e. The predicted octanol–water partition coefficient (Wildman–Crippen LogP) is -1.38. The van der Waals surface area contributed by atoms with E-state index in [9.17, 15) is 13.2 Å². The molecule has 0 fully saturated rings. The Kier molecular flexibility index (Phi) is 4.06. The lowest BCUT2D eigenvalue weighted by Gasteiger charge is -2.08. The van der Waals surface area contributed by atoms with Gasteiger partial charge in [-0.05, 0) is 14.1 Å². The molecule has 0 rings (SSSR count). The summed E-state index contributed by atoms with van der Waals surface area (Å²) in [6.07, 6.45) is 0.172. The van der Waals surface area contributed by atoms with Gasteiger partial charge >= 0.3 is 0 Å². The summed E-state index contributed by atoms with van der Waals surface area (Å²) in [5.74, 6) is -0.0568. The van der Waals surface area contributed by atoms with Gasteiger partial charge in [0.05, 0.1) is 5.75 Å². The molecule has 0 saturated carbocycles. The molecule has 0 aliphatic heterocycles. The van der Waals surface area contributed by atoms with Crippen LogP contribution in [0.25, 0.3) is 0 Å². The van der Waals surface area contributed by atoms with Gasteiger partial charge in [0.25, 0.3) is 0 Å². The molecule has 0 aliphatic carbocycles. The molecule has 0 aromatic rings. The molecule has 1 amide bonds. The maximum atomic E-state index is 10.8. The highest BCUT2D eigenvalue weighted by atomic mass is 32.2. The average Bonchev–Trinajstić information content (AvgIpc) is 1.84. The first-order chi connectivity index (χ1) is 4.98. The van der Waals surface area contributed by atoms with Gasteiger partial charge in [0.2, 0.25) is 16.4 Å². The van der Waals surface area contributed by atoms with Crippen molar-refractivity contribution < 1.29 is 13.2 Å². The van der Waals surface area contributed by atoms with E-state index in [-0.39, 0.29) is 12.2 Å². The van der Waals surface area contributed by atoms with Gasteiger partial charge in [0, 0.05) is 6.54 Å². The summed E-state index contributed by atoms with van der Waals surface area (Å²) in [6, 6.07) is 0. The molecule has 0 radical (unpaired) electrons. The normalized spacial score (nSPS) is 11.5. The van der Waals surface area contributed by atoms with Crippen molar-refractivity contribution in [1.29, 1.82) is 0 Å². The van der Waals surface area contributed by atoms with Crippen LogP contribution in [0.4, 0.5) is 0 Å². The summed E-state index contributed by atoms with van der Waals surface area (Å²) >= 11 is 0. The van der Waals surface area contributed by atoms with Crippen molar-refractivity contribution in [3.63, 3.8) is 0 Å². The Morgan fingerprint density at radius 2 is 2.00 bits per heavy atom. The van der Waals surface area contributed by atoms with Crippen LogP contribution in [0.3, 0.4) is 0 Å². The molecule has 0 aromatic heterocycles. The Morgan fingerprint density at radius 1 is 1.45 bits per heavy atom. The fraction of sp³-hybridized carbons (Fsp3) is 0.800. The third-order valence-corrected chi connectivity index (χ3v) is 2.21. The molecule has 0 aliphatic rings. The standard InChI is InChI=1S/C5H12N2O3S/c1-7(2)3-4-11(9,10)6-5-8/h5H,3-4H2,1-2H3,(H,6,8). The largest absolute Gasteiger partial charge is 0.308 e. The van der Waals surface area contributed by atoms with Crippen molar-refractivity contribution in [2.24, 2.45) is 0 Å². The Balaban J connectivity index is 3.83. The fourth-order valence-electron chi connectivity index (χ4n) is 0.435. The van der Waals surface area contributed by atoms with E-state index >= 15 is 0 Å². The second-order valence-electron chi connectivity index (χ2n) is 2.36. The number of carbonyl (C=O) groups excluding carboxylic acids is 1. The molecule has 6 heteroatoms. The van der Waals surface area contributed by atoms with Crippen molar-refractivity contribution in [2.75, 3.05) is 26.4 Å². The van der Waals surface area contributed by atoms with Crippen molar-refractivity contribution >= 4 is 16.4 Å². The van der Waals surface area contributed by atoms with Gasteiger partial charge in [0.1, 0.15) is 0 Å². The number of sulfonamides is 1. The van der Waals surface area contributed by atoms with Crippen LogP contribution in [-0.2, 0) is 14.8 Å². The zero-order valence-electron chi connectivity index (χ0n) is 6.57. The quantitative estimate of drug-likeness (QED) is 0.530. The zero-order valence-corrected chi connectivity index (χ0v) is 7.39. The highest BCUT2D eigenvalue weighted by molar-refractivity contribution is 7.89. The Hall–Kier alpha value is -0.620. The van der Waals surface area contributed by atoms with Crippen LogP contribution >= 0.6 is 0 Å². The van der Waals surface area contributed by atoms with E-state index in [1.54, 1.807) is 23.7 Å². The highest BCUT2D eigenvalue weighted by Crippen LogP contribution is 1.83. The first-order valence-corrected chi connectivity index (χ1v) is 4.71.